The van der Waals surface area contributed by atoms with Gasteiger partial charge in [-0.25, -0.2) is 4.98 Å². The highest BCUT2D eigenvalue weighted by Crippen LogP contribution is 2.58. The number of aromatic nitrogens is 1. The summed E-state index contributed by atoms with van der Waals surface area (Å²) in [6, 6.07) is 0. The fourth-order valence-corrected chi connectivity index (χ4v) is 2.50. The van der Waals surface area contributed by atoms with E-state index in [0.717, 1.165) is 37.0 Å². The highest BCUT2D eigenvalue weighted by atomic mass is 35.5. The molecule has 76 valence electrons. The van der Waals surface area contributed by atoms with Crippen molar-refractivity contribution in [2.24, 2.45) is 5.92 Å². The van der Waals surface area contributed by atoms with Crippen LogP contribution in [-0.4, -0.2) is 18.2 Å². The number of alkyl halides is 1. The zero-order valence-corrected chi connectivity index (χ0v) is 8.80. The topological polar surface area (TPSA) is 35.3 Å². The van der Waals surface area contributed by atoms with Crippen LogP contribution < -0.4 is 0 Å². The normalized spacial score (nSPS) is 34.6. The summed E-state index contributed by atoms with van der Waals surface area (Å²) in [6.45, 7) is 3.56. The Hall–Kier alpha value is -0.540. The molecule has 1 aliphatic heterocycles. The summed E-state index contributed by atoms with van der Waals surface area (Å²) in [5, 5.41) is 0. The van der Waals surface area contributed by atoms with Crippen LogP contribution in [0.5, 0.6) is 0 Å². The van der Waals surface area contributed by atoms with Crippen molar-refractivity contribution >= 4 is 11.6 Å². The third kappa shape index (κ3) is 0.997. The summed E-state index contributed by atoms with van der Waals surface area (Å²) in [7, 11) is 0. The first-order valence-corrected chi connectivity index (χ1v) is 5.40. The first kappa shape index (κ1) is 8.74. The molecule has 0 N–H and O–H groups in total. The predicted molar refractivity (Wildman–Crippen MR) is 51.4 cm³/mol. The van der Waals surface area contributed by atoms with Gasteiger partial charge >= 0.3 is 0 Å². The van der Waals surface area contributed by atoms with Gasteiger partial charge in [0, 0.05) is 0 Å². The van der Waals surface area contributed by atoms with Crippen molar-refractivity contribution in [1.29, 1.82) is 0 Å². The largest absolute Gasteiger partial charge is 0.443 e. The second-order valence-corrected chi connectivity index (χ2v) is 4.50. The molecule has 0 aromatic carbocycles. The lowest BCUT2D eigenvalue weighted by Gasteiger charge is -2.04. The van der Waals surface area contributed by atoms with Crippen LogP contribution in [0.2, 0.25) is 0 Å². The molecule has 0 spiro atoms. The van der Waals surface area contributed by atoms with Crippen molar-refractivity contribution in [2.45, 2.75) is 24.6 Å². The number of hydrogen-bond acceptors (Lipinski definition) is 3. The Bertz CT molecular complexity index is 376. The molecule has 0 amide bonds. The van der Waals surface area contributed by atoms with Crippen molar-refractivity contribution in [3.63, 3.8) is 0 Å². The predicted octanol–water partition coefficient (Wildman–Crippen LogP) is 2.01. The van der Waals surface area contributed by atoms with Gasteiger partial charge in [-0.1, -0.05) is 0 Å². The van der Waals surface area contributed by atoms with Crippen LogP contribution in [0.3, 0.4) is 0 Å². The molecule has 3 rings (SSSR count). The minimum atomic E-state index is 0.106. The number of rotatable bonds is 2. The Kier molecular flexibility index (Phi) is 1.71. The van der Waals surface area contributed by atoms with Crippen LogP contribution in [0, 0.1) is 12.8 Å². The van der Waals surface area contributed by atoms with Crippen LogP contribution in [0.4, 0.5) is 0 Å². The van der Waals surface area contributed by atoms with E-state index in [4.69, 9.17) is 20.8 Å². The molecule has 2 aliphatic rings. The van der Waals surface area contributed by atoms with E-state index >= 15 is 0 Å². The number of nitrogens with zero attached hydrogens (tertiary/aromatic N) is 1. The van der Waals surface area contributed by atoms with Crippen LogP contribution in [0.1, 0.15) is 23.8 Å². The van der Waals surface area contributed by atoms with E-state index in [1.807, 2.05) is 6.92 Å². The van der Waals surface area contributed by atoms with Gasteiger partial charge in [0.25, 0.3) is 0 Å². The van der Waals surface area contributed by atoms with Crippen LogP contribution in [0.25, 0.3) is 0 Å². The van der Waals surface area contributed by atoms with Crippen molar-refractivity contribution in [3.05, 3.63) is 17.3 Å². The standard InChI is InChI=1S/C10H12ClNO2/c1-6-8(3-11)14-9(12-6)10-2-7(10)4-13-5-10/h7H,2-5H2,1H3. The molecule has 1 aromatic heterocycles. The molecular formula is C10H12ClNO2. The summed E-state index contributed by atoms with van der Waals surface area (Å²) < 4.78 is 11.1. The second kappa shape index (κ2) is 2.74. The molecule has 2 unspecified atom stereocenters. The number of oxazole rings is 1. The van der Waals surface area contributed by atoms with Crippen LogP contribution >= 0.6 is 11.6 Å². The van der Waals surface area contributed by atoms with Gasteiger partial charge in [0.05, 0.1) is 30.2 Å². The van der Waals surface area contributed by atoms with Crippen molar-refractivity contribution in [3.8, 4) is 0 Å². The first-order valence-electron chi connectivity index (χ1n) is 4.87. The minimum absolute atomic E-state index is 0.106. The molecule has 0 bridgehead atoms. The number of hydrogen-bond donors (Lipinski definition) is 0. The van der Waals surface area contributed by atoms with E-state index in [-0.39, 0.29) is 5.41 Å². The maximum atomic E-state index is 5.75. The molecule has 2 atom stereocenters. The maximum absolute atomic E-state index is 5.75. The lowest BCUT2D eigenvalue weighted by molar-refractivity contribution is 0.155. The molecule has 0 radical (unpaired) electrons. The lowest BCUT2D eigenvalue weighted by Crippen LogP contribution is -2.11. The number of aryl methyl sites for hydroxylation is 1. The van der Waals surface area contributed by atoms with Crippen LogP contribution in [-0.2, 0) is 16.0 Å². The Labute approximate surface area is 87.4 Å². The molecule has 1 aromatic rings. The Morgan fingerprint density at radius 3 is 3.00 bits per heavy atom. The quantitative estimate of drug-likeness (QED) is 0.705. The first-order chi connectivity index (χ1) is 6.76. The van der Waals surface area contributed by atoms with Crippen molar-refractivity contribution in [2.75, 3.05) is 13.2 Å². The molecule has 3 nitrogen and oxygen atoms in total. The van der Waals surface area contributed by atoms with E-state index in [2.05, 4.69) is 4.98 Å². The summed E-state index contributed by atoms with van der Waals surface area (Å²) in [5.74, 6) is 2.67. The van der Waals surface area contributed by atoms with Gasteiger partial charge in [-0.05, 0) is 19.3 Å². The summed E-state index contributed by atoms with van der Waals surface area (Å²) >= 11 is 5.75. The Balaban J connectivity index is 1.97. The fraction of sp³-hybridized carbons (Fsp3) is 0.700. The summed E-state index contributed by atoms with van der Waals surface area (Å²) in [6.07, 6.45) is 1.16. The van der Waals surface area contributed by atoms with E-state index in [1.54, 1.807) is 0 Å². The molecule has 2 fully saturated rings. The molecule has 14 heavy (non-hydrogen) atoms. The number of fused-ring (bicyclic) bond motifs is 1. The summed E-state index contributed by atoms with van der Waals surface area (Å²) in [5.41, 5.74) is 1.02. The van der Waals surface area contributed by atoms with Gasteiger partial charge in [0.15, 0.2) is 0 Å². The van der Waals surface area contributed by atoms with Gasteiger partial charge in [-0.15, -0.1) is 11.6 Å². The maximum Gasteiger partial charge on any atom is 0.203 e. The lowest BCUT2D eigenvalue weighted by atomic mass is 10.1. The zero-order valence-electron chi connectivity index (χ0n) is 8.05. The van der Waals surface area contributed by atoms with Crippen LogP contribution in [0.15, 0.2) is 4.42 Å². The van der Waals surface area contributed by atoms with Crippen molar-refractivity contribution in [1.82, 2.24) is 4.98 Å². The van der Waals surface area contributed by atoms with Gasteiger partial charge in [0.1, 0.15) is 5.76 Å². The van der Waals surface area contributed by atoms with Gasteiger partial charge < -0.3 is 9.15 Å². The third-order valence-electron chi connectivity index (χ3n) is 3.35. The average Bonchev–Trinajstić information content (AvgIpc) is 2.59. The molecular weight excluding hydrogens is 202 g/mol. The average molecular weight is 214 g/mol. The monoisotopic (exact) mass is 213 g/mol. The third-order valence-corrected chi connectivity index (χ3v) is 3.59. The fourth-order valence-electron chi connectivity index (χ4n) is 2.25. The second-order valence-electron chi connectivity index (χ2n) is 4.23. The van der Waals surface area contributed by atoms with Gasteiger partial charge in [0.2, 0.25) is 5.89 Å². The zero-order chi connectivity index (χ0) is 9.76. The Morgan fingerprint density at radius 2 is 2.50 bits per heavy atom. The summed E-state index contributed by atoms with van der Waals surface area (Å²) in [4.78, 5) is 4.45. The van der Waals surface area contributed by atoms with E-state index in [9.17, 15) is 0 Å². The molecule has 1 aliphatic carbocycles. The molecule has 1 saturated heterocycles. The highest BCUT2D eigenvalue weighted by molar-refractivity contribution is 6.16. The number of ether oxygens (including phenoxy) is 1. The smallest absolute Gasteiger partial charge is 0.203 e. The van der Waals surface area contributed by atoms with E-state index in [1.165, 1.54) is 0 Å². The molecule has 2 heterocycles. The minimum Gasteiger partial charge on any atom is -0.443 e. The molecule has 1 saturated carbocycles. The SMILES string of the molecule is Cc1nc(C23COCC2C3)oc1CCl. The van der Waals surface area contributed by atoms with Gasteiger partial charge in [-0.3, -0.25) is 0 Å². The van der Waals surface area contributed by atoms with E-state index < -0.39 is 0 Å². The number of halogens is 1. The molecule has 4 heteroatoms. The van der Waals surface area contributed by atoms with Crippen molar-refractivity contribution < 1.29 is 9.15 Å². The van der Waals surface area contributed by atoms with E-state index in [0.29, 0.717) is 11.8 Å². The highest BCUT2D eigenvalue weighted by Gasteiger charge is 2.62. The van der Waals surface area contributed by atoms with Gasteiger partial charge in [-0.2, -0.15) is 0 Å². The Morgan fingerprint density at radius 1 is 1.64 bits per heavy atom.